The average molecular weight is 286 g/mol. The van der Waals surface area contributed by atoms with Crippen molar-refractivity contribution in [1.29, 1.82) is 0 Å². The summed E-state index contributed by atoms with van der Waals surface area (Å²) in [6, 6.07) is 12.2. The van der Waals surface area contributed by atoms with Crippen LogP contribution in [-0.4, -0.2) is 31.9 Å². The van der Waals surface area contributed by atoms with Crippen LogP contribution in [-0.2, 0) is 17.7 Å². The van der Waals surface area contributed by atoms with E-state index in [-0.39, 0.29) is 0 Å². The molecule has 112 valence electrons. The Morgan fingerprint density at radius 3 is 2.62 bits per heavy atom. The van der Waals surface area contributed by atoms with Gasteiger partial charge in [-0.1, -0.05) is 18.2 Å². The molecule has 0 saturated heterocycles. The van der Waals surface area contributed by atoms with Gasteiger partial charge in [-0.3, -0.25) is 4.98 Å². The van der Waals surface area contributed by atoms with Gasteiger partial charge in [0.2, 0.25) is 0 Å². The summed E-state index contributed by atoms with van der Waals surface area (Å²) < 4.78 is 10.8. The van der Waals surface area contributed by atoms with Crippen LogP contribution in [0.15, 0.2) is 48.8 Å². The highest BCUT2D eigenvalue weighted by Crippen LogP contribution is 2.12. The third-order valence-corrected chi connectivity index (χ3v) is 3.12. The number of aromatic nitrogens is 1. The maximum Gasteiger partial charge on any atom is 0.119 e. The fourth-order valence-corrected chi connectivity index (χ4v) is 1.95. The lowest BCUT2D eigenvalue weighted by atomic mass is 10.1. The number of pyridine rings is 1. The molecule has 0 radical (unpaired) electrons. The summed E-state index contributed by atoms with van der Waals surface area (Å²) in [5.74, 6) is 0.902. The van der Waals surface area contributed by atoms with Crippen molar-refractivity contribution in [3.8, 4) is 5.75 Å². The number of ether oxygens (including phenoxy) is 2. The number of rotatable bonds is 9. The smallest absolute Gasteiger partial charge is 0.119 e. The van der Waals surface area contributed by atoms with Crippen LogP contribution in [0.1, 0.15) is 11.1 Å². The number of methoxy groups -OCH3 is 1. The van der Waals surface area contributed by atoms with Gasteiger partial charge in [0.15, 0.2) is 0 Å². The third-order valence-electron chi connectivity index (χ3n) is 3.12. The molecule has 0 spiro atoms. The molecule has 0 aliphatic rings. The predicted octanol–water partition coefficient (Wildman–Crippen LogP) is 2.44. The summed E-state index contributed by atoms with van der Waals surface area (Å²) in [7, 11) is 1.72. The Bertz CT molecular complexity index is 500. The molecule has 0 atom stereocenters. The van der Waals surface area contributed by atoms with E-state index in [4.69, 9.17) is 9.47 Å². The van der Waals surface area contributed by atoms with Gasteiger partial charge >= 0.3 is 0 Å². The Balaban J connectivity index is 1.62. The molecule has 1 aromatic carbocycles. The van der Waals surface area contributed by atoms with Crippen molar-refractivity contribution in [2.24, 2.45) is 0 Å². The van der Waals surface area contributed by atoms with E-state index in [1.165, 1.54) is 11.1 Å². The minimum absolute atomic E-state index is 0.650. The van der Waals surface area contributed by atoms with Crippen LogP contribution in [0, 0.1) is 0 Å². The lowest BCUT2D eigenvalue weighted by molar-refractivity contribution is 0.202. The SMILES string of the molecule is COCCc1ccc(OCCNCc2cccnc2)cc1. The molecule has 1 heterocycles. The lowest BCUT2D eigenvalue weighted by Crippen LogP contribution is -2.20. The zero-order valence-electron chi connectivity index (χ0n) is 12.4. The van der Waals surface area contributed by atoms with Crippen LogP contribution in [0.4, 0.5) is 0 Å². The first-order valence-corrected chi connectivity index (χ1v) is 7.19. The van der Waals surface area contributed by atoms with Crippen LogP contribution in [0.2, 0.25) is 0 Å². The quantitative estimate of drug-likeness (QED) is 0.719. The van der Waals surface area contributed by atoms with Crippen LogP contribution in [0.3, 0.4) is 0 Å². The number of hydrogen-bond acceptors (Lipinski definition) is 4. The topological polar surface area (TPSA) is 43.4 Å². The molecule has 2 aromatic rings. The standard InChI is InChI=1S/C17H22N2O2/c1-20-11-8-15-4-6-17(7-5-15)21-12-10-19-14-16-3-2-9-18-13-16/h2-7,9,13,19H,8,10-12,14H2,1H3. The fraction of sp³-hybridized carbons (Fsp3) is 0.353. The summed E-state index contributed by atoms with van der Waals surface area (Å²) in [4.78, 5) is 4.08. The summed E-state index contributed by atoms with van der Waals surface area (Å²) in [6.45, 7) is 3.02. The van der Waals surface area contributed by atoms with Gasteiger partial charge in [-0.25, -0.2) is 0 Å². The Labute approximate surface area is 126 Å². The first-order valence-electron chi connectivity index (χ1n) is 7.19. The molecule has 2 rings (SSSR count). The van der Waals surface area contributed by atoms with Crippen molar-refractivity contribution in [2.45, 2.75) is 13.0 Å². The van der Waals surface area contributed by atoms with Crippen molar-refractivity contribution in [3.63, 3.8) is 0 Å². The van der Waals surface area contributed by atoms with Crippen molar-refractivity contribution >= 4 is 0 Å². The van der Waals surface area contributed by atoms with Crippen LogP contribution >= 0.6 is 0 Å². The summed E-state index contributed by atoms with van der Waals surface area (Å²) in [5.41, 5.74) is 2.44. The predicted molar refractivity (Wildman–Crippen MR) is 83.5 cm³/mol. The van der Waals surface area contributed by atoms with Crippen molar-refractivity contribution in [2.75, 3.05) is 26.9 Å². The number of hydrogen-bond donors (Lipinski definition) is 1. The molecule has 0 fully saturated rings. The van der Waals surface area contributed by atoms with Crippen LogP contribution in [0.25, 0.3) is 0 Å². The zero-order valence-corrected chi connectivity index (χ0v) is 12.4. The van der Waals surface area contributed by atoms with Gasteiger partial charge in [0.25, 0.3) is 0 Å². The number of nitrogens with one attached hydrogen (secondary N) is 1. The van der Waals surface area contributed by atoms with E-state index in [9.17, 15) is 0 Å². The van der Waals surface area contributed by atoms with E-state index in [1.807, 2.05) is 24.4 Å². The largest absolute Gasteiger partial charge is 0.492 e. The Morgan fingerprint density at radius 2 is 1.90 bits per heavy atom. The first-order chi connectivity index (χ1) is 10.4. The minimum atomic E-state index is 0.650. The van der Waals surface area contributed by atoms with Gasteiger partial charge in [-0.2, -0.15) is 0 Å². The highest BCUT2D eigenvalue weighted by Gasteiger charge is 1.96. The van der Waals surface area contributed by atoms with Crippen molar-refractivity contribution < 1.29 is 9.47 Å². The molecule has 0 saturated carbocycles. The second-order valence-corrected chi connectivity index (χ2v) is 4.77. The molecule has 0 bridgehead atoms. The Morgan fingerprint density at radius 1 is 1.05 bits per heavy atom. The molecule has 0 aliphatic heterocycles. The first kappa shape index (κ1) is 15.5. The summed E-state index contributed by atoms with van der Waals surface area (Å²) in [6.07, 6.45) is 4.58. The number of benzene rings is 1. The molecule has 4 nitrogen and oxygen atoms in total. The van der Waals surface area contributed by atoms with E-state index in [0.717, 1.165) is 31.9 Å². The van der Waals surface area contributed by atoms with Gasteiger partial charge in [-0.05, 0) is 35.7 Å². The maximum absolute atomic E-state index is 5.69. The van der Waals surface area contributed by atoms with Gasteiger partial charge in [0.05, 0.1) is 6.61 Å². The van der Waals surface area contributed by atoms with Crippen LogP contribution < -0.4 is 10.1 Å². The van der Waals surface area contributed by atoms with Crippen LogP contribution in [0.5, 0.6) is 5.75 Å². The second kappa shape index (κ2) is 9.10. The molecule has 0 aliphatic carbocycles. The zero-order chi connectivity index (χ0) is 14.8. The van der Waals surface area contributed by atoms with E-state index in [0.29, 0.717) is 6.61 Å². The summed E-state index contributed by atoms with van der Waals surface area (Å²) >= 11 is 0. The Kier molecular flexibility index (Phi) is 6.71. The molecule has 1 aromatic heterocycles. The highest BCUT2D eigenvalue weighted by molar-refractivity contribution is 5.27. The van der Waals surface area contributed by atoms with Crippen molar-refractivity contribution in [3.05, 3.63) is 59.9 Å². The molecule has 1 N–H and O–H groups in total. The maximum atomic E-state index is 5.69. The van der Waals surface area contributed by atoms with E-state index in [2.05, 4.69) is 28.5 Å². The number of nitrogens with zero attached hydrogens (tertiary/aromatic N) is 1. The molecule has 21 heavy (non-hydrogen) atoms. The van der Waals surface area contributed by atoms with Gasteiger partial charge in [0.1, 0.15) is 12.4 Å². The Hall–Kier alpha value is -1.91. The fourth-order valence-electron chi connectivity index (χ4n) is 1.95. The van der Waals surface area contributed by atoms with E-state index in [1.54, 1.807) is 13.3 Å². The van der Waals surface area contributed by atoms with Gasteiger partial charge < -0.3 is 14.8 Å². The normalized spacial score (nSPS) is 10.5. The van der Waals surface area contributed by atoms with E-state index >= 15 is 0 Å². The average Bonchev–Trinajstić information content (AvgIpc) is 2.55. The van der Waals surface area contributed by atoms with E-state index < -0.39 is 0 Å². The molecule has 0 amide bonds. The molecular formula is C17H22N2O2. The highest BCUT2D eigenvalue weighted by atomic mass is 16.5. The molecule has 0 unspecified atom stereocenters. The van der Waals surface area contributed by atoms with Crippen molar-refractivity contribution in [1.82, 2.24) is 10.3 Å². The summed E-state index contributed by atoms with van der Waals surface area (Å²) in [5, 5.41) is 3.33. The second-order valence-electron chi connectivity index (χ2n) is 4.77. The molecule has 4 heteroatoms. The lowest BCUT2D eigenvalue weighted by Gasteiger charge is -2.08. The molecular weight excluding hydrogens is 264 g/mol. The third kappa shape index (κ3) is 5.94. The monoisotopic (exact) mass is 286 g/mol. The van der Waals surface area contributed by atoms with Gasteiger partial charge in [0, 0.05) is 32.6 Å². The minimum Gasteiger partial charge on any atom is -0.492 e. The van der Waals surface area contributed by atoms with Gasteiger partial charge in [-0.15, -0.1) is 0 Å².